The van der Waals surface area contributed by atoms with Gasteiger partial charge in [-0.1, -0.05) is 24.3 Å². The molecule has 4 nitrogen and oxygen atoms in total. The molecule has 0 spiro atoms. The predicted molar refractivity (Wildman–Crippen MR) is 106 cm³/mol. The summed E-state index contributed by atoms with van der Waals surface area (Å²) in [4.78, 5) is 0. The highest BCUT2D eigenvalue weighted by Crippen LogP contribution is 2.46. The van der Waals surface area contributed by atoms with E-state index in [1.807, 2.05) is 0 Å². The molecule has 0 fully saturated rings. The maximum atomic E-state index is 14.1. The number of aromatic nitrogens is 2. The minimum atomic E-state index is -5.04. The number of furan rings is 1. The molecule has 0 aliphatic heterocycles. The summed E-state index contributed by atoms with van der Waals surface area (Å²) < 4.78 is 62.5. The van der Waals surface area contributed by atoms with Gasteiger partial charge in [-0.25, -0.2) is 9.07 Å². The average Bonchev–Trinajstić information content (AvgIpc) is 3.37. The van der Waals surface area contributed by atoms with Crippen LogP contribution in [0.2, 0.25) is 0 Å². The van der Waals surface area contributed by atoms with E-state index in [-0.39, 0.29) is 5.58 Å². The third-order valence-electron chi connectivity index (χ3n) is 5.25. The molecule has 1 N–H and O–H groups in total. The molecule has 8 heteroatoms. The van der Waals surface area contributed by atoms with Crippen molar-refractivity contribution in [2.75, 3.05) is 0 Å². The Bertz CT molecular complexity index is 1370. The van der Waals surface area contributed by atoms with Crippen molar-refractivity contribution < 1.29 is 27.1 Å². The van der Waals surface area contributed by atoms with E-state index in [1.54, 1.807) is 18.2 Å². The topological polar surface area (TPSA) is 51.2 Å². The molecule has 0 radical (unpaired) electrons. The van der Waals surface area contributed by atoms with Gasteiger partial charge >= 0.3 is 6.18 Å². The first-order valence-electron chi connectivity index (χ1n) is 9.30. The summed E-state index contributed by atoms with van der Waals surface area (Å²) in [6.45, 7) is 0. The zero-order valence-electron chi connectivity index (χ0n) is 15.8. The lowest BCUT2D eigenvalue weighted by molar-refractivity contribution is -0.253. The number of fused-ring (bicyclic) bond motifs is 2. The Kier molecular flexibility index (Phi) is 4.16. The first kappa shape index (κ1) is 19.3. The summed E-state index contributed by atoms with van der Waals surface area (Å²) in [5, 5.41) is 15.9. The molecular weight excluding hydrogens is 412 g/mol. The standard InChI is InChI=1S/C23H14F4N2O2/c24-17-6-8-18(9-7-17)29-19-10-5-16(11-15(19)13-28-29)22(30,23(25,26)27)21-12-14-3-1-2-4-20(14)31-21/h1-13,30H. The van der Waals surface area contributed by atoms with E-state index in [2.05, 4.69) is 5.10 Å². The number of aliphatic hydroxyl groups is 1. The molecular formula is C23H14F4N2O2. The van der Waals surface area contributed by atoms with Crippen LogP contribution >= 0.6 is 0 Å². The maximum Gasteiger partial charge on any atom is 0.428 e. The van der Waals surface area contributed by atoms with Crippen LogP contribution in [-0.2, 0) is 5.60 Å². The second-order valence-electron chi connectivity index (χ2n) is 7.16. The van der Waals surface area contributed by atoms with E-state index in [4.69, 9.17) is 4.42 Å². The van der Waals surface area contributed by atoms with Crippen molar-refractivity contribution >= 4 is 21.9 Å². The summed E-state index contributed by atoms with van der Waals surface area (Å²) in [5.74, 6) is -1.03. The van der Waals surface area contributed by atoms with Crippen molar-refractivity contribution in [2.45, 2.75) is 11.8 Å². The summed E-state index contributed by atoms with van der Waals surface area (Å²) >= 11 is 0. The number of alkyl halides is 3. The Hall–Kier alpha value is -3.65. The van der Waals surface area contributed by atoms with Crippen LogP contribution in [0, 0.1) is 5.82 Å². The van der Waals surface area contributed by atoms with Gasteiger partial charge in [0, 0.05) is 16.3 Å². The molecule has 3 aromatic carbocycles. The van der Waals surface area contributed by atoms with Gasteiger partial charge in [-0.2, -0.15) is 18.3 Å². The molecule has 0 aliphatic carbocycles. The molecule has 0 saturated heterocycles. The van der Waals surface area contributed by atoms with Gasteiger partial charge in [0.15, 0.2) is 5.76 Å². The van der Waals surface area contributed by atoms with Crippen molar-refractivity contribution in [1.82, 2.24) is 9.78 Å². The molecule has 31 heavy (non-hydrogen) atoms. The minimum Gasteiger partial charge on any atom is -0.457 e. The molecule has 2 heterocycles. The highest BCUT2D eigenvalue weighted by molar-refractivity contribution is 5.82. The lowest BCUT2D eigenvalue weighted by atomic mass is 9.89. The number of hydrogen-bond donors (Lipinski definition) is 1. The summed E-state index contributed by atoms with van der Waals surface area (Å²) in [6, 6.07) is 17.0. The van der Waals surface area contributed by atoms with Crippen LogP contribution in [0.5, 0.6) is 0 Å². The Morgan fingerprint density at radius 2 is 1.61 bits per heavy atom. The Balaban J connectivity index is 1.66. The van der Waals surface area contributed by atoms with E-state index in [0.29, 0.717) is 22.0 Å². The molecule has 0 saturated carbocycles. The third kappa shape index (κ3) is 2.98. The van der Waals surface area contributed by atoms with E-state index >= 15 is 0 Å². The van der Waals surface area contributed by atoms with Crippen LogP contribution in [0.15, 0.2) is 83.4 Å². The molecule has 0 amide bonds. The van der Waals surface area contributed by atoms with Gasteiger partial charge in [0.2, 0.25) is 5.60 Å². The molecule has 2 aromatic heterocycles. The number of nitrogens with zero attached hydrogens (tertiary/aromatic N) is 2. The Morgan fingerprint density at radius 3 is 2.32 bits per heavy atom. The fraction of sp³-hybridized carbons (Fsp3) is 0.0870. The molecule has 1 unspecified atom stereocenters. The van der Waals surface area contributed by atoms with Crippen LogP contribution < -0.4 is 0 Å². The largest absolute Gasteiger partial charge is 0.457 e. The quantitative estimate of drug-likeness (QED) is 0.376. The van der Waals surface area contributed by atoms with E-state index in [9.17, 15) is 22.7 Å². The number of para-hydroxylation sites is 1. The Morgan fingerprint density at radius 1 is 0.871 bits per heavy atom. The SMILES string of the molecule is OC(c1ccc2c(cnn2-c2ccc(F)cc2)c1)(c1cc2ccccc2o1)C(F)(F)F. The van der Waals surface area contributed by atoms with E-state index in [1.165, 1.54) is 65.5 Å². The average molecular weight is 426 g/mol. The summed E-state index contributed by atoms with van der Waals surface area (Å²) in [5.41, 5.74) is -2.45. The normalized spacial score (nSPS) is 14.2. The number of benzene rings is 3. The molecule has 0 bridgehead atoms. The predicted octanol–water partition coefficient (Wildman–Crippen LogP) is 5.71. The van der Waals surface area contributed by atoms with Gasteiger partial charge in [-0.3, -0.25) is 0 Å². The smallest absolute Gasteiger partial charge is 0.428 e. The third-order valence-corrected chi connectivity index (χ3v) is 5.25. The molecule has 1 atom stereocenters. The first-order valence-corrected chi connectivity index (χ1v) is 9.30. The fourth-order valence-corrected chi connectivity index (χ4v) is 3.65. The van der Waals surface area contributed by atoms with Gasteiger partial charge in [0.05, 0.1) is 17.4 Å². The van der Waals surface area contributed by atoms with E-state index in [0.717, 1.165) is 0 Å². The first-order chi connectivity index (χ1) is 14.8. The van der Waals surface area contributed by atoms with Crippen LogP contribution in [0.4, 0.5) is 17.6 Å². The van der Waals surface area contributed by atoms with Crippen LogP contribution in [0.3, 0.4) is 0 Å². The zero-order valence-corrected chi connectivity index (χ0v) is 15.8. The van der Waals surface area contributed by atoms with Gasteiger partial charge in [-0.15, -0.1) is 0 Å². The van der Waals surface area contributed by atoms with Gasteiger partial charge in [0.1, 0.15) is 11.4 Å². The molecule has 0 aliphatic rings. The molecule has 5 aromatic rings. The highest BCUT2D eigenvalue weighted by atomic mass is 19.4. The van der Waals surface area contributed by atoms with Crippen molar-refractivity contribution in [3.8, 4) is 5.69 Å². The molecule has 156 valence electrons. The maximum absolute atomic E-state index is 14.1. The van der Waals surface area contributed by atoms with Crippen molar-refractivity contribution in [3.05, 3.63) is 96.1 Å². The van der Waals surface area contributed by atoms with Crippen molar-refractivity contribution in [1.29, 1.82) is 0 Å². The van der Waals surface area contributed by atoms with Crippen LogP contribution in [-0.4, -0.2) is 21.1 Å². The van der Waals surface area contributed by atoms with Gasteiger partial charge in [-0.05, 0) is 48.5 Å². The number of rotatable bonds is 3. The van der Waals surface area contributed by atoms with Gasteiger partial charge in [0.25, 0.3) is 0 Å². The lowest BCUT2D eigenvalue weighted by Crippen LogP contribution is -2.43. The monoisotopic (exact) mass is 426 g/mol. The molecule has 5 rings (SSSR count). The van der Waals surface area contributed by atoms with Crippen molar-refractivity contribution in [2.24, 2.45) is 0 Å². The summed E-state index contributed by atoms with van der Waals surface area (Å²) in [7, 11) is 0. The second-order valence-corrected chi connectivity index (χ2v) is 7.16. The minimum absolute atomic E-state index is 0.241. The summed E-state index contributed by atoms with van der Waals surface area (Å²) in [6.07, 6.45) is -3.65. The second kappa shape index (κ2) is 6.68. The fourth-order valence-electron chi connectivity index (χ4n) is 3.65. The Labute approximate surface area is 172 Å². The van der Waals surface area contributed by atoms with Crippen LogP contribution in [0.25, 0.3) is 27.6 Å². The number of halogens is 4. The zero-order chi connectivity index (χ0) is 21.8. The number of hydrogen-bond acceptors (Lipinski definition) is 3. The van der Waals surface area contributed by atoms with Crippen molar-refractivity contribution in [3.63, 3.8) is 0 Å². The van der Waals surface area contributed by atoms with Crippen LogP contribution in [0.1, 0.15) is 11.3 Å². The van der Waals surface area contributed by atoms with E-state index < -0.39 is 28.9 Å². The highest BCUT2D eigenvalue weighted by Gasteiger charge is 2.58. The van der Waals surface area contributed by atoms with Gasteiger partial charge < -0.3 is 9.52 Å². The lowest BCUT2D eigenvalue weighted by Gasteiger charge is -2.29.